The summed E-state index contributed by atoms with van der Waals surface area (Å²) in [6.45, 7) is 1.83. The van der Waals surface area contributed by atoms with Crippen molar-refractivity contribution in [1.82, 2.24) is 25.0 Å². The fraction of sp³-hybridized carbons (Fsp3) is 0.350. The lowest BCUT2D eigenvalue weighted by Gasteiger charge is -2.30. The van der Waals surface area contributed by atoms with Crippen LogP contribution in [0.3, 0.4) is 0 Å². The summed E-state index contributed by atoms with van der Waals surface area (Å²) in [7, 11) is 0. The monoisotopic (exact) mass is 425 g/mol. The highest BCUT2D eigenvalue weighted by molar-refractivity contribution is 5.98. The van der Waals surface area contributed by atoms with Gasteiger partial charge in [-0.15, -0.1) is 5.10 Å². The number of halogens is 1. The number of hydrogen-bond acceptors (Lipinski definition) is 8. The number of carbonyl (C=O) groups is 1. The van der Waals surface area contributed by atoms with Gasteiger partial charge in [-0.1, -0.05) is 18.1 Å². The Morgan fingerprint density at radius 2 is 2.06 bits per heavy atom. The third kappa shape index (κ3) is 4.45. The van der Waals surface area contributed by atoms with E-state index in [1.165, 1.54) is 0 Å². The SMILES string of the molecule is Cc1ncc(Nc2nc(N[C@H]3CCCC[C@H]3N)c(F)cc2C(N)=O)cc1-n1ccnn1. The number of rotatable bonds is 6. The summed E-state index contributed by atoms with van der Waals surface area (Å²) < 4.78 is 16.2. The van der Waals surface area contributed by atoms with Crippen LogP contribution in [0.15, 0.2) is 30.7 Å². The van der Waals surface area contributed by atoms with E-state index in [9.17, 15) is 9.18 Å². The number of aromatic nitrogens is 5. The molecule has 0 unspecified atom stereocenters. The number of aryl methyl sites for hydroxylation is 1. The second-order valence-electron chi connectivity index (χ2n) is 7.58. The Hall–Kier alpha value is -3.60. The van der Waals surface area contributed by atoms with Gasteiger partial charge in [0.05, 0.1) is 41.2 Å². The number of anilines is 3. The average molecular weight is 425 g/mol. The molecule has 10 nitrogen and oxygen atoms in total. The molecule has 3 aromatic heterocycles. The largest absolute Gasteiger partial charge is 0.365 e. The van der Waals surface area contributed by atoms with Gasteiger partial charge in [0.2, 0.25) is 0 Å². The van der Waals surface area contributed by atoms with E-state index in [1.54, 1.807) is 29.3 Å². The van der Waals surface area contributed by atoms with Gasteiger partial charge >= 0.3 is 0 Å². The molecule has 31 heavy (non-hydrogen) atoms. The average Bonchev–Trinajstić information content (AvgIpc) is 3.27. The van der Waals surface area contributed by atoms with Crippen LogP contribution in [0.25, 0.3) is 5.69 Å². The quantitative estimate of drug-likeness (QED) is 0.468. The van der Waals surface area contributed by atoms with Gasteiger partial charge in [0, 0.05) is 12.1 Å². The van der Waals surface area contributed by atoms with Crippen molar-refractivity contribution < 1.29 is 9.18 Å². The number of nitrogens with zero attached hydrogens (tertiary/aromatic N) is 5. The smallest absolute Gasteiger partial charge is 0.252 e. The molecule has 1 saturated carbocycles. The molecule has 3 heterocycles. The summed E-state index contributed by atoms with van der Waals surface area (Å²) in [5, 5.41) is 13.9. The van der Waals surface area contributed by atoms with Crippen molar-refractivity contribution in [2.45, 2.75) is 44.7 Å². The molecule has 4 rings (SSSR count). The van der Waals surface area contributed by atoms with E-state index in [4.69, 9.17) is 11.5 Å². The highest BCUT2D eigenvalue weighted by Gasteiger charge is 2.24. The third-order valence-electron chi connectivity index (χ3n) is 5.38. The van der Waals surface area contributed by atoms with Crippen LogP contribution in [-0.2, 0) is 0 Å². The van der Waals surface area contributed by atoms with Crippen molar-refractivity contribution >= 4 is 23.2 Å². The minimum atomic E-state index is -0.800. The molecule has 6 N–H and O–H groups in total. The zero-order chi connectivity index (χ0) is 22.0. The lowest BCUT2D eigenvalue weighted by Crippen LogP contribution is -2.43. The topological polar surface area (TPSA) is 150 Å². The van der Waals surface area contributed by atoms with Crippen molar-refractivity contribution in [2.24, 2.45) is 11.5 Å². The maximum absolute atomic E-state index is 14.7. The van der Waals surface area contributed by atoms with Crippen LogP contribution in [0.4, 0.5) is 21.7 Å². The molecule has 162 valence electrons. The molecule has 1 aliphatic carbocycles. The normalized spacial score (nSPS) is 18.5. The number of pyridine rings is 2. The molecule has 1 aliphatic rings. The molecular weight excluding hydrogens is 401 g/mol. The lowest BCUT2D eigenvalue weighted by atomic mass is 9.91. The molecule has 0 aromatic carbocycles. The van der Waals surface area contributed by atoms with Crippen molar-refractivity contribution in [1.29, 1.82) is 0 Å². The van der Waals surface area contributed by atoms with Gasteiger partial charge in [0.15, 0.2) is 11.6 Å². The Bertz CT molecular complexity index is 1090. The fourth-order valence-electron chi connectivity index (χ4n) is 3.68. The Morgan fingerprint density at radius 3 is 2.77 bits per heavy atom. The van der Waals surface area contributed by atoms with Crippen LogP contribution >= 0.6 is 0 Å². The standard InChI is InChI=1S/C20H24FN9O/c1-11-17(30-7-6-25-29-30)8-12(10-24-11)26-19-13(18(23)31)9-14(21)20(28-19)27-16-5-3-2-4-15(16)22/h6-10,15-16H,2-5,22H2,1H3,(H2,23,31)(H2,26,27,28)/t15-,16+/m1/s1. The van der Waals surface area contributed by atoms with E-state index in [0.717, 1.165) is 37.4 Å². The van der Waals surface area contributed by atoms with Crippen LogP contribution in [0.2, 0.25) is 0 Å². The fourth-order valence-corrected chi connectivity index (χ4v) is 3.68. The second-order valence-corrected chi connectivity index (χ2v) is 7.58. The minimum absolute atomic E-state index is 0.0198. The minimum Gasteiger partial charge on any atom is -0.365 e. The molecule has 0 spiro atoms. The van der Waals surface area contributed by atoms with Crippen LogP contribution in [-0.4, -0.2) is 43.0 Å². The van der Waals surface area contributed by atoms with Gasteiger partial charge in [-0.2, -0.15) is 0 Å². The molecule has 0 aliphatic heterocycles. The summed E-state index contributed by atoms with van der Waals surface area (Å²) in [5.74, 6) is -1.32. The zero-order valence-electron chi connectivity index (χ0n) is 17.0. The van der Waals surface area contributed by atoms with Crippen molar-refractivity contribution in [2.75, 3.05) is 10.6 Å². The van der Waals surface area contributed by atoms with Crippen LogP contribution < -0.4 is 22.1 Å². The summed E-state index contributed by atoms with van der Waals surface area (Å²) in [6.07, 6.45) is 8.58. The van der Waals surface area contributed by atoms with Crippen molar-refractivity contribution in [3.8, 4) is 5.69 Å². The Balaban J connectivity index is 1.67. The predicted molar refractivity (Wildman–Crippen MR) is 114 cm³/mol. The number of carbonyl (C=O) groups excluding carboxylic acids is 1. The number of primary amides is 1. The van der Waals surface area contributed by atoms with E-state index < -0.39 is 11.7 Å². The molecule has 2 atom stereocenters. The van der Waals surface area contributed by atoms with Gasteiger partial charge in [0.25, 0.3) is 5.91 Å². The molecule has 0 saturated heterocycles. The first-order valence-electron chi connectivity index (χ1n) is 10.0. The predicted octanol–water partition coefficient (Wildman–Crippen LogP) is 2.03. The molecule has 0 bridgehead atoms. The maximum atomic E-state index is 14.7. The number of amides is 1. The Labute approximate surface area is 178 Å². The van der Waals surface area contributed by atoms with E-state index in [0.29, 0.717) is 11.4 Å². The summed E-state index contributed by atoms with van der Waals surface area (Å²) in [6, 6.07) is 2.67. The van der Waals surface area contributed by atoms with Crippen LogP contribution in [0.5, 0.6) is 0 Å². The number of hydrogen-bond donors (Lipinski definition) is 4. The molecule has 1 amide bonds. The summed E-state index contributed by atoms with van der Waals surface area (Å²) in [5.41, 5.74) is 13.5. The van der Waals surface area contributed by atoms with Crippen molar-refractivity contribution in [3.05, 3.63) is 47.8 Å². The zero-order valence-corrected chi connectivity index (χ0v) is 17.0. The highest BCUT2D eigenvalue weighted by Crippen LogP contribution is 2.27. The van der Waals surface area contributed by atoms with Gasteiger partial charge in [-0.3, -0.25) is 9.78 Å². The molecule has 3 aromatic rings. The highest BCUT2D eigenvalue weighted by atomic mass is 19.1. The Kier molecular flexibility index (Phi) is 5.76. The first-order chi connectivity index (χ1) is 14.9. The van der Waals surface area contributed by atoms with Gasteiger partial charge in [0.1, 0.15) is 5.82 Å². The molecular formula is C20H24FN9O. The Morgan fingerprint density at radius 1 is 1.26 bits per heavy atom. The van der Waals surface area contributed by atoms with Crippen molar-refractivity contribution in [3.63, 3.8) is 0 Å². The van der Waals surface area contributed by atoms with E-state index >= 15 is 0 Å². The van der Waals surface area contributed by atoms with Crippen LogP contribution in [0, 0.1) is 12.7 Å². The third-order valence-corrected chi connectivity index (χ3v) is 5.38. The van der Waals surface area contributed by atoms with Crippen LogP contribution in [0.1, 0.15) is 41.7 Å². The van der Waals surface area contributed by atoms with Gasteiger partial charge in [-0.05, 0) is 31.9 Å². The molecule has 1 fully saturated rings. The molecule has 0 radical (unpaired) electrons. The van der Waals surface area contributed by atoms with E-state index in [1.807, 2.05) is 6.92 Å². The van der Waals surface area contributed by atoms with E-state index in [-0.39, 0.29) is 29.3 Å². The number of nitrogens with two attached hydrogens (primary N) is 2. The molecule has 11 heteroatoms. The first kappa shape index (κ1) is 20.7. The van der Waals surface area contributed by atoms with Gasteiger partial charge < -0.3 is 22.1 Å². The first-order valence-corrected chi connectivity index (χ1v) is 10.0. The summed E-state index contributed by atoms with van der Waals surface area (Å²) in [4.78, 5) is 20.6. The van der Waals surface area contributed by atoms with Gasteiger partial charge in [-0.25, -0.2) is 14.1 Å². The number of nitrogens with one attached hydrogen (secondary N) is 2. The lowest BCUT2D eigenvalue weighted by molar-refractivity contribution is 0.100. The summed E-state index contributed by atoms with van der Waals surface area (Å²) >= 11 is 0. The van der Waals surface area contributed by atoms with E-state index in [2.05, 4.69) is 30.9 Å². The second kappa shape index (κ2) is 8.64. The maximum Gasteiger partial charge on any atom is 0.252 e.